The van der Waals surface area contributed by atoms with E-state index in [1.807, 2.05) is 12.1 Å². The second kappa shape index (κ2) is 5.50. The van der Waals surface area contributed by atoms with Gasteiger partial charge in [-0.25, -0.2) is 0 Å². The van der Waals surface area contributed by atoms with E-state index in [9.17, 15) is 9.90 Å². The van der Waals surface area contributed by atoms with Crippen molar-refractivity contribution < 1.29 is 9.90 Å². The number of aldehydes is 1. The van der Waals surface area contributed by atoms with E-state index in [2.05, 4.69) is 19.1 Å². The van der Waals surface area contributed by atoms with Crippen molar-refractivity contribution in [1.29, 1.82) is 0 Å². The molecule has 0 aromatic heterocycles. The normalized spacial score (nSPS) is 10.3. The van der Waals surface area contributed by atoms with Crippen LogP contribution in [-0.2, 0) is 6.42 Å². The number of rotatable bonds is 4. The highest BCUT2D eigenvalue weighted by Crippen LogP contribution is 2.26. The Labute approximate surface area is 107 Å². The van der Waals surface area contributed by atoms with Crippen molar-refractivity contribution in [1.82, 2.24) is 0 Å². The quantitative estimate of drug-likeness (QED) is 0.825. The zero-order valence-corrected chi connectivity index (χ0v) is 10.4. The summed E-state index contributed by atoms with van der Waals surface area (Å²) in [4.78, 5) is 11.0. The van der Waals surface area contributed by atoms with Crippen LogP contribution in [0.2, 0.25) is 0 Å². The summed E-state index contributed by atoms with van der Waals surface area (Å²) in [7, 11) is 0. The maximum Gasteiger partial charge on any atom is 0.150 e. The van der Waals surface area contributed by atoms with Crippen molar-refractivity contribution in [3.63, 3.8) is 0 Å². The molecule has 0 bridgehead atoms. The molecule has 0 spiro atoms. The van der Waals surface area contributed by atoms with Crippen molar-refractivity contribution in [2.24, 2.45) is 0 Å². The fraction of sp³-hybridized carbons (Fsp3) is 0.188. The average Bonchev–Trinajstić information content (AvgIpc) is 2.40. The van der Waals surface area contributed by atoms with Gasteiger partial charge in [-0.2, -0.15) is 0 Å². The Bertz CT molecular complexity index is 542. The minimum Gasteiger partial charge on any atom is -0.508 e. The molecule has 0 aliphatic carbocycles. The van der Waals surface area contributed by atoms with Crippen molar-refractivity contribution in [3.8, 4) is 16.9 Å². The zero-order valence-electron chi connectivity index (χ0n) is 10.4. The molecule has 0 saturated carbocycles. The summed E-state index contributed by atoms with van der Waals surface area (Å²) < 4.78 is 0. The lowest BCUT2D eigenvalue weighted by Crippen LogP contribution is -1.88. The van der Waals surface area contributed by atoms with E-state index in [1.54, 1.807) is 12.1 Å². The predicted octanol–water partition coefficient (Wildman–Crippen LogP) is 3.82. The Morgan fingerprint density at radius 3 is 2.44 bits per heavy atom. The van der Waals surface area contributed by atoms with Gasteiger partial charge in [0.25, 0.3) is 0 Å². The molecule has 0 aliphatic rings. The number of phenols is 1. The third kappa shape index (κ3) is 2.59. The lowest BCUT2D eigenvalue weighted by molar-refractivity contribution is 0.112. The van der Waals surface area contributed by atoms with Crippen LogP contribution in [0.3, 0.4) is 0 Å². The van der Waals surface area contributed by atoms with Crippen molar-refractivity contribution >= 4 is 6.29 Å². The minimum atomic E-state index is 0.114. The molecule has 0 atom stereocenters. The molecule has 2 rings (SSSR count). The first-order valence-electron chi connectivity index (χ1n) is 6.12. The molecule has 0 saturated heterocycles. The van der Waals surface area contributed by atoms with Crippen molar-refractivity contribution in [2.45, 2.75) is 19.8 Å². The Morgan fingerprint density at radius 1 is 1.11 bits per heavy atom. The molecule has 0 heterocycles. The molecule has 0 unspecified atom stereocenters. The molecule has 2 aromatic rings. The summed E-state index contributed by atoms with van der Waals surface area (Å²) in [6, 6.07) is 13.1. The van der Waals surface area contributed by atoms with Gasteiger partial charge in [0.2, 0.25) is 0 Å². The number of hydrogen-bond donors (Lipinski definition) is 1. The van der Waals surface area contributed by atoms with Crippen LogP contribution in [0.1, 0.15) is 29.3 Å². The van der Waals surface area contributed by atoms with Gasteiger partial charge >= 0.3 is 0 Å². The van der Waals surface area contributed by atoms with Crippen LogP contribution in [0.4, 0.5) is 0 Å². The zero-order chi connectivity index (χ0) is 13.0. The highest BCUT2D eigenvalue weighted by atomic mass is 16.3. The average molecular weight is 240 g/mol. The highest BCUT2D eigenvalue weighted by Gasteiger charge is 2.05. The van der Waals surface area contributed by atoms with Crippen molar-refractivity contribution in [2.75, 3.05) is 0 Å². The van der Waals surface area contributed by atoms with E-state index in [-0.39, 0.29) is 5.75 Å². The Hall–Kier alpha value is -2.09. The molecule has 0 aliphatic heterocycles. The SMILES string of the molecule is CCCc1ccc(-c2ccc(O)cc2C=O)cc1. The van der Waals surface area contributed by atoms with Gasteiger partial charge in [-0.15, -0.1) is 0 Å². The summed E-state index contributed by atoms with van der Waals surface area (Å²) in [5.41, 5.74) is 3.66. The third-order valence-corrected chi connectivity index (χ3v) is 2.97. The maximum absolute atomic E-state index is 11.0. The summed E-state index contributed by atoms with van der Waals surface area (Å²) in [6.45, 7) is 2.15. The van der Waals surface area contributed by atoms with Gasteiger partial charge < -0.3 is 5.11 Å². The Morgan fingerprint density at radius 2 is 1.83 bits per heavy atom. The first-order valence-corrected chi connectivity index (χ1v) is 6.12. The number of carbonyl (C=O) groups excluding carboxylic acids is 1. The minimum absolute atomic E-state index is 0.114. The van der Waals surface area contributed by atoms with Gasteiger partial charge in [-0.1, -0.05) is 37.6 Å². The molecule has 0 radical (unpaired) electrons. The third-order valence-electron chi connectivity index (χ3n) is 2.97. The summed E-state index contributed by atoms with van der Waals surface area (Å²) >= 11 is 0. The standard InChI is InChI=1S/C16H16O2/c1-2-3-12-4-6-13(7-5-12)16-9-8-15(18)10-14(16)11-17/h4-11,18H,2-3H2,1H3. The molecular formula is C16H16O2. The first kappa shape index (κ1) is 12.4. The van der Waals surface area contributed by atoms with Crippen LogP contribution in [0.15, 0.2) is 42.5 Å². The topological polar surface area (TPSA) is 37.3 Å². The van der Waals surface area contributed by atoms with E-state index in [4.69, 9.17) is 0 Å². The molecule has 92 valence electrons. The summed E-state index contributed by atoms with van der Waals surface area (Å²) in [5, 5.41) is 9.37. The first-order chi connectivity index (χ1) is 8.74. The van der Waals surface area contributed by atoms with E-state index in [0.717, 1.165) is 30.3 Å². The number of benzene rings is 2. The number of aromatic hydroxyl groups is 1. The predicted molar refractivity (Wildman–Crippen MR) is 72.9 cm³/mol. The van der Waals surface area contributed by atoms with E-state index in [1.165, 1.54) is 11.6 Å². The smallest absolute Gasteiger partial charge is 0.150 e. The second-order valence-corrected chi connectivity index (χ2v) is 4.34. The number of hydrogen-bond acceptors (Lipinski definition) is 2. The summed E-state index contributed by atoms with van der Waals surface area (Å²) in [5.74, 6) is 0.114. The van der Waals surface area contributed by atoms with Gasteiger partial charge in [0.05, 0.1) is 0 Å². The lowest BCUT2D eigenvalue weighted by Gasteiger charge is -2.07. The van der Waals surface area contributed by atoms with Gasteiger partial charge in [-0.3, -0.25) is 4.79 Å². The van der Waals surface area contributed by atoms with Crippen LogP contribution in [0, 0.1) is 0 Å². The van der Waals surface area contributed by atoms with Crippen LogP contribution in [0.5, 0.6) is 5.75 Å². The van der Waals surface area contributed by atoms with Crippen LogP contribution < -0.4 is 0 Å². The van der Waals surface area contributed by atoms with Gasteiger partial charge in [-0.05, 0) is 41.3 Å². The van der Waals surface area contributed by atoms with E-state index in [0.29, 0.717) is 5.56 Å². The fourth-order valence-corrected chi connectivity index (χ4v) is 2.05. The van der Waals surface area contributed by atoms with E-state index < -0.39 is 0 Å². The largest absolute Gasteiger partial charge is 0.508 e. The molecule has 18 heavy (non-hydrogen) atoms. The molecule has 2 nitrogen and oxygen atoms in total. The highest BCUT2D eigenvalue weighted by molar-refractivity contribution is 5.88. The number of aryl methyl sites for hydroxylation is 1. The molecule has 0 fully saturated rings. The van der Waals surface area contributed by atoms with Crippen molar-refractivity contribution in [3.05, 3.63) is 53.6 Å². The van der Waals surface area contributed by atoms with Gasteiger partial charge in [0.15, 0.2) is 6.29 Å². The Balaban J connectivity index is 2.39. The number of carbonyl (C=O) groups is 1. The van der Waals surface area contributed by atoms with Crippen LogP contribution in [-0.4, -0.2) is 11.4 Å². The van der Waals surface area contributed by atoms with Gasteiger partial charge in [0, 0.05) is 5.56 Å². The molecule has 1 N–H and O–H groups in total. The lowest BCUT2D eigenvalue weighted by atomic mass is 9.98. The number of phenolic OH excluding ortho intramolecular Hbond substituents is 1. The Kier molecular flexibility index (Phi) is 3.78. The molecule has 2 aromatic carbocycles. The maximum atomic E-state index is 11.0. The molecule has 2 heteroatoms. The second-order valence-electron chi connectivity index (χ2n) is 4.34. The van der Waals surface area contributed by atoms with Gasteiger partial charge in [0.1, 0.15) is 5.75 Å². The van der Waals surface area contributed by atoms with E-state index >= 15 is 0 Å². The van der Waals surface area contributed by atoms with Crippen LogP contribution in [0.25, 0.3) is 11.1 Å². The molecule has 0 amide bonds. The molecular weight excluding hydrogens is 224 g/mol. The van der Waals surface area contributed by atoms with Crippen LogP contribution >= 0.6 is 0 Å². The summed E-state index contributed by atoms with van der Waals surface area (Å²) in [6.07, 6.45) is 2.96. The monoisotopic (exact) mass is 240 g/mol. The fourth-order valence-electron chi connectivity index (χ4n) is 2.05.